The summed E-state index contributed by atoms with van der Waals surface area (Å²) in [6.07, 6.45) is 1.55. The molecule has 162 valence electrons. The van der Waals surface area contributed by atoms with Crippen LogP contribution < -0.4 is 10.1 Å². The van der Waals surface area contributed by atoms with Crippen LogP contribution >= 0.6 is 11.3 Å². The Balaban J connectivity index is 1.75. The average molecular weight is 434 g/mol. The number of carbonyl (C=O) groups is 2. The largest absolute Gasteiger partial charge is 0.491 e. The van der Waals surface area contributed by atoms with Crippen molar-refractivity contribution in [1.82, 2.24) is 15.1 Å². The second kappa shape index (κ2) is 10.4. The van der Waals surface area contributed by atoms with E-state index in [0.717, 1.165) is 18.4 Å². The predicted molar refractivity (Wildman–Crippen MR) is 115 cm³/mol. The van der Waals surface area contributed by atoms with Crippen LogP contribution in [-0.2, 0) is 11.2 Å². The van der Waals surface area contributed by atoms with Gasteiger partial charge in [0.05, 0.1) is 6.04 Å². The first-order chi connectivity index (χ1) is 14.5. The van der Waals surface area contributed by atoms with Crippen molar-refractivity contribution < 1.29 is 18.7 Å². The summed E-state index contributed by atoms with van der Waals surface area (Å²) >= 11 is 1.67. The van der Waals surface area contributed by atoms with Crippen LogP contribution in [0.5, 0.6) is 5.75 Å². The van der Waals surface area contributed by atoms with Crippen LogP contribution in [-0.4, -0.2) is 54.5 Å². The second-order valence-electron chi connectivity index (χ2n) is 7.18. The molecule has 2 heterocycles. The second-order valence-corrected chi connectivity index (χ2v) is 8.18. The van der Waals surface area contributed by atoms with E-state index in [1.165, 1.54) is 17.0 Å². The lowest BCUT2D eigenvalue weighted by Crippen LogP contribution is -2.50. The van der Waals surface area contributed by atoms with Crippen molar-refractivity contribution in [2.45, 2.75) is 32.7 Å². The van der Waals surface area contributed by atoms with E-state index >= 15 is 0 Å². The highest BCUT2D eigenvalue weighted by atomic mass is 32.1. The molecule has 1 N–H and O–H groups in total. The molecule has 0 unspecified atom stereocenters. The smallest absolute Gasteiger partial charge is 0.317 e. The van der Waals surface area contributed by atoms with Gasteiger partial charge < -0.3 is 19.9 Å². The number of ether oxygens (including phenoxy) is 1. The lowest BCUT2D eigenvalue weighted by atomic mass is 10.0. The molecule has 0 saturated carbocycles. The van der Waals surface area contributed by atoms with Gasteiger partial charge in [-0.1, -0.05) is 13.0 Å². The quantitative estimate of drug-likeness (QED) is 0.688. The molecule has 3 amide bonds. The fourth-order valence-electron chi connectivity index (χ4n) is 3.65. The highest BCUT2D eigenvalue weighted by Crippen LogP contribution is 2.34. The number of rotatable bonds is 8. The first-order valence-electron chi connectivity index (χ1n) is 10.3. The summed E-state index contributed by atoms with van der Waals surface area (Å²) in [6, 6.07) is 7.52. The fourth-order valence-corrected chi connectivity index (χ4v) is 4.57. The third kappa shape index (κ3) is 5.30. The molecule has 0 aliphatic carbocycles. The van der Waals surface area contributed by atoms with E-state index in [0.29, 0.717) is 25.4 Å². The first kappa shape index (κ1) is 22.1. The van der Waals surface area contributed by atoms with Crippen LogP contribution in [0.4, 0.5) is 9.18 Å². The summed E-state index contributed by atoms with van der Waals surface area (Å²) in [6.45, 7) is 5.68. The van der Waals surface area contributed by atoms with Crippen molar-refractivity contribution in [3.63, 3.8) is 0 Å². The number of fused-ring (bicyclic) bond motifs is 1. The molecular weight excluding hydrogens is 405 g/mol. The number of hydrogen-bond acceptors (Lipinski definition) is 4. The number of carbonyl (C=O) groups excluding carboxylic acids is 2. The summed E-state index contributed by atoms with van der Waals surface area (Å²) in [4.78, 5) is 30.1. The molecule has 1 aromatic carbocycles. The maximum Gasteiger partial charge on any atom is 0.317 e. The van der Waals surface area contributed by atoms with Crippen molar-refractivity contribution >= 4 is 23.3 Å². The van der Waals surface area contributed by atoms with Gasteiger partial charge in [0.25, 0.3) is 0 Å². The molecule has 1 aliphatic rings. The Kier molecular flexibility index (Phi) is 7.68. The van der Waals surface area contributed by atoms with Gasteiger partial charge in [-0.15, -0.1) is 11.3 Å². The van der Waals surface area contributed by atoms with Gasteiger partial charge in [-0.25, -0.2) is 9.18 Å². The molecule has 3 rings (SSSR count). The summed E-state index contributed by atoms with van der Waals surface area (Å²) in [7, 11) is 0. The van der Waals surface area contributed by atoms with Gasteiger partial charge in [-0.3, -0.25) is 4.79 Å². The van der Waals surface area contributed by atoms with Crippen molar-refractivity contribution in [3.8, 4) is 5.75 Å². The number of halogens is 1. The summed E-state index contributed by atoms with van der Waals surface area (Å²) < 4.78 is 19.3. The Labute approximate surface area is 180 Å². The molecule has 0 spiro atoms. The Hall–Kier alpha value is -2.61. The Bertz CT molecular complexity index is 873. The van der Waals surface area contributed by atoms with E-state index in [1.807, 2.05) is 25.3 Å². The minimum Gasteiger partial charge on any atom is -0.491 e. The van der Waals surface area contributed by atoms with E-state index in [-0.39, 0.29) is 36.9 Å². The minimum absolute atomic E-state index is 0.0234. The molecule has 6 nitrogen and oxygen atoms in total. The van der Waals surface area contributed by atoms with Gasteiger partial charge in [0.15, 0.2) is 0 Å². The van der Waals surface area contributed by atoms with E-state index < -0.39 is 0 Å². The maximum atomic E-state index is 13.5. The van der Waals surface area contributed by atoms with Gasteiger partial charge in [0.1, 0.15) is 24.7 Å². The highest BCUT2D eigenvalue weighted by Gasteiger charge is 2.33. The molecule has 30 heavy (non-hydrogen) atoms. The van der Waals surface area contributed by atoms with Crippen molar-refractivity contribution in [2.24, 2.45) is 0 Å². The van der Waals surface area contributed by atoms with Crippen LogP contribution in [0.25, 0.3) is 0 Å². The topological polar surface area (TPSA) is 61.9 Å². The van der Waals surface area contributed by atoms with Gasteiger partial charge in [0, 0.05) is 30.6 Å². The van der Waals surface area contributed by atoms with Gasteiger partial charge in [0.2, 0.25) is 5.91 Å². The van der Waals surface area contributed by atoms with Crippen LogP contribution in [0, 0.1) is 5.82 Å². The average Bonchev–Trinajstić information content (AvgIpc) is 3.21. The fraction of sp³-hybridized carbons (Fsp3) is 0.455. The zero-order valence-corrected chi connectivity index (χ0v) is 18.2. The molecule has 1 aliphatic heterocycles. The van der Waals surface area contributed by atoms with Gasteiger partial charge >= 0.3 is 6.03 Å². The van der Waals surface area contributed by atoms with Crippen LogP contribution in [0.3, 0.4) is 0 Å². The molecule has 8 heteroatoms. The van der Waals surface area contributed by atoms with Crippen LogP contribution in [0.1, 0.15) is 36.8 Å². The zero-order chi connectivity index (χ0) is 21.5. The Morgan fingerprint density at radius 2 is 2.17 bits per heavy atom. The van der Waals surface area contributed by atoms with Crippen LogP contribution in [0.15, 0.2) is 35.7 Å². The molecule has 1 atom stereocenters. The van der Waals surface area contributed by atoms with E-state index in [4.69, 9.17) is 4.74 Å². The van der Waals surface area contributed by atoms with E-state index in [9.17, 15) is 14.0 Å². The molecule has 0 fully saturated rings. The number of hydrogen-bond donors (Lipinski definition) is 1. The Morgan fingerprint density at radius 1 is 1.33 bits per heavy atom. The number of amides is 3. The third-order valence-corrected chi connectivity index (χ3v) is 6.05. The molecule has 0 radical (unpaired) electrons. The molecule has 0 saturated heterocycles. The molecular formula is C22H28FN3O3S. The SMILES string of the molecule is CCCN(CC(=O)N1CCc2sccc2[C@H]1COc1cccc(F)c1)C(=O)NCC. The van der Waals surface area contributed by atoms with Crippen molar-refractivity contribution in [3.05, 3.63) is 52.0 Å². The summed E-state index contributed by atoms with van der Waals surface area (Å²) in [5, 5.41) is 4.79. The van der Waals surface area contributed by atoms with E-state index in [2.05, 4.69) is 5.32 Å². The lowest BCUT2D eigenvalue weighted by Gasteiger charge is -2.37. The summed E-state index contributed by atoms with van der Waals surface area (Å²) in [5.41, 5.74) is 1.07. The zero-order valence-electron chi connectivity index (χ0n) is 17.4. The maximum absolute atomic E-state index is 13.5. The summed E-state index contributed by atoms with van der Waals surface area (Å²) in [5.74, 6) is -0.0449. The number of nitrogens with zero attached hydrogens (tertiary/aromatic N) is 2. The first-order valence-corrected chi connectivity index (χ1v) is 11.2. The third-order valence-electron chi connectivity index (χ3n) is 5.05. The van der Waals surface area contributed by atoms with Crippen molar-refractivity contribution in [1.29, 1.82) is 0 Å². The molecule has 0 bridgehead atoms. The number of nitrogens with one attached hydrogen (secondary N) is 1. The van der Waals surface area contributed by atoms with Gasteiger partial charge in [-0.2, -0.15) is 0 Å². The minimum atomic E-state index is -0.363. The normalized spacial score (nSPS) is 15.4. The Morgan fingerprint density at radius 3 is 2.90 bits per heavy atom. The number of benzene rings is 1. The molecule has 2 aromatic rings. The number of urea groups is 1. The number of thiophene rings is 1. The van der Waals surface area contributed by atoms with E-state index in [1.54, 1.807) is 33.3 Å². The van der Waals surface area contributed by atoms with Crippen LogP contribution in [0.2, 0.25) is 0 Å². The lowest BCUT2D eigenvalue weighted by molar-refractivity contribution is -0.135. The highest BCUT2D eigenvalue weighted by molar-refractivity contribution is 7.10. The standard InChI is InChI=1S/C22H28FN3O3S/c1-3-10-25(22(28)24-4-2)14-21(27)26-11-8-20-18(9-12-30-20)19(26)15-29-17-7-5-6-16(23)13-17/h5-7,9,12-13,19H,3-4,8,10-11,14-15H2,1-2H3,(H,24,28)/t19-/m1/s1. The predicted octanol–water partition coefficient (Wildman–Crippen LogP) is 3.83. The van der Waals surface area contributed by atoms with Gasteiger partial charge in [-0.05, 0) is 48.9 Å². The monoisotopic (exact) mass is 433 g/mol. The van der Waals surface area contributed by atoms with Crippen molar-refractivity contribution in [2.75, 3.05) is 32.8 Å². The molecule has 1 aromatic heterocycles.